The summed E-state index contributed by atoms with van der Waals surface area (Å²) in [5, 5.41) is 27.7. The van der Waals surface area contributed by atoms with Gasteiger partial charge in [-0.1, -0.05) is 19.9 Å². The standard InChI is InChI=1S/C12H20N2O4S/c1-7(2)14-8(3)12(16)9-4-5-10(15)11(6-9)19(13,17)18/h4-8,12,14-16H,1-3H3,(H2,13,17,18). The number of aromatic hydroxyl groups is 1. The van der Waals surface area contributed by atoms with E-state index in [1.165, 1.54) is 18.2 Å². The zero-order chi connectivity index (χ0) is 14.8. The normalized spacial score (nSPS) is 15.5. The lowest BCUT2D eigenvalue weighted by atomic mass is 10.0. The maximum Gasteiger partial charge on any atom is 0.241 e. The predicted molar refractivity (Wildman–Crippen MR) is 72.2 cm³/mol. The number of phenols is 1. The summed E-state index contributed by atoms with van der Waals surface area (Å²) in [6, 6.07) is 3.78. The Labute approximate surface area is 113 Å². The van der Waals surface area contributed by atoms with E-state index < -0.39 is 21.9 Å². The molecule has 7 heteroatoms. The minimum Gasteiger partial charge on any atom is -0.507 e. The summed E-state index contributed by atoms with van der Waals surface area (Å²) in [4.78, 5) is -0.388. The summed E-state index contributed by atoms with van der Waals surface area (Å²) in [5.74, 6) is -0.428. The highest BCUT2D eigenvalue weighted by Gasteiger charge is 2.21. The average molecular weight is 288 g/mol. The zero-order valence-electron chi connectivity index (χ0n) is 11.2. The molecule has 19 heavy (non-hydrogen) atoms. The van der Waals surface area contributed by atoms with Crippen molar-refractivity contribution in [2.24, 2.45) is 5.14 Å². The van der Waals surface area contributed by atoms with E-state index in [4.69, 9.17) is 5.14 Å². The molecule has 0 aromatic heterocycles. The molecule has 5 N–H and O–H groups in total. The molecule has 0 spiro atoms. The quantitative estimate of drug-likeness (QED) is 0.628. The lowest BCUT2D eigenvalue weighted by Gasteiger charge is -2.23. The second-order valence-corrected chi connectivity index (χ2v) is 6.36. The van der Waals surface area contributed by atoms with Crippen molar-refractivity contribution in [1.82, 2.24) is 5.32 Å². The van der Waals surface area contributed by atoms with E-state index in [1.54, 1.807) is 6.92 Å². The van der Waals surface area contributed by atoms with Crippen molar-refractivity contribution in [3.63, 3.8) is 0 Å². The molecule has 0 saturated heterocycles. The van der Waals surface area contributed by atoms with Crippen molar-refractivity contribution in [3.8, 4) is 5.75 Å². The minimum atomic E-state index is -4.02. The molecule has 1 aromatic carbocycles. The zero-order valence-corrected chi connectivity index (χ0v) is 12.0. The van der Waals surface area contributed by atoms with Crippen LogP contribution in [0.4, 0.5) is 0 Å². The molecule has 1 aromatic rings. The van der Waals surface area contributed by atoms with E-state index in [9.17, 15) is 18.6 Å². The van der Waals surface area contributed by atoms with Crippen LogP contribution in [-0.4, -0.2) is 30.7 Å². The van der Waals surface area contributed by atoms with Crippen LogP contribution >= 0.6 is 0 Å². The largest absolute Gasteiger partial charge is 0.507 e. The average Bonchev–Trinajstić information content (AvgIpc) is 2.26. The maximum absolute atomic E-state index is 11.3. The first-order valence-electron chi connectivity index (χ1n) is 5.92. The van der Waals surface area contributed by atoms with Gasteiger partial charge in [0.25, 0.3) is 0 Å². The van der Waals surface area contributed by atoms with Crippen LogP contribution in [0.5, 0.6) is 5.75 Å². The third kappa shape index (κ3) is 4.17. The van der Waals surface area contributed by atoms with Crippen molar-refractivity contribution < 1.29 is 18.6 Å². The Morgan fingerprint density at radius 2 is 1.84 bits per heavy atom. The number of sulfonamides is 1. The van der Waals surface area contributed by atoms with Crippen LogP contribution in [0.1, 0.15) is 32.4 Å². The predicted octanol–water partition coefficient (Wildman–Crippen LogP) is 0.460. The van der Waals surface area contributed by atoms with Crippen molar-refractivity contribution >= 4 is 10.0 Å². The van der Waals surface area contributed by atoms with Crippen molar-refractivity contribution in [3.05, 3.63) is 23.8 Å². The van der Waals surface area contributed by atoms with Gasteiger partial charge in [-0.25, -0.2) is 13.6 Å². The Bertz CT molecular complexity index is 543. The van der Waals surface area contributed by atoms with Crippen LogP contribution in [0.15, 0.2) is 23.1 Å². The highest BCUT2D eigenvalue weighted by Crippen LogP contribution is 2.26. The number of aliphatic hydroxyl groups is 1. The molecule has 0 aliphatic carbocycles. The number of hydrogen-bond donors (Lipinski definition) is 4. The Morgan fingerprint density at radius 1 is 1.26 bits per heavy atom. The number of aliphatic hydroxyl groups excluding tert-OH is 1. The van der Waals surface area contributed by atoms with Crippen LogP contribution in [0.25, 0.3) is 0 Å². The van der Waals surface area contributed by atoms with E-state index in [1.807, 2.05) is 13.8 Å². The molecule has 0 aliphatic heterocycles. The molecule has 2 unspecified atom stereocenters. The third-order valence-electron chi connectivity index (χ3n) is 2.70. The Hall–Kier alpha value is -1.15. The number of hydrogen-bond acceptors (Lipinski definition) is 5. The van der Waals surface area contributed by atoms with Crippen molar-refractivity contribution in [2.45, 2.75) is 43.9 Å². The van der Waals surface area contributed by atoms with E-state index in [2.05, 4.69) is 5.32 Å². The molecule has 2 atom stereocenters. The SMILES string of the molecule is CC(C)NC(C)C(O)c1ccc(O)c(S(N)(=O)=O)c1. The second-order valence-electron chi connectivity index (χ2n) is 4.83. The summed E-state index contributed by atoms with van der Waals surface area (Å²) in [7, 11) is -4.02. The van der Waals surface area contributed by atoms with Gasteiger partial charge in [0.05, 0.1) is 6.10 Å². The fraction of sp³-hybridized carbons (Fsp3) is 0.500. The molecule has 0 heterocycles. The highest BCUT2D eigenvalue weighted by molar-refractivity contribution is 7.89. The van der Waals surface area contributed by atoms with E-state index in [-0.39, 0.29) is 17.0 Å². The summed E-state index contributed by atoms with van der Waals surface area (Å²) in [5.41, 5.74) is 0.377. The minimum absolute atomic E-state index is 0.180. The van der Waals surface area contributed by atoms with E-state index >= 15 is 0 Å². The highest BCUT2D eigenvalue weighted by atomic mass is 32.2. The number of benzene rings is 1. The van der Waals surface area contributed by atoms with Crippen LogP contribution in [0, 0.1) is 0 Å². The third-order valence-corrected chi connectivity index (χ3v) is 3.64. The summed E-state index contributed by atoms with van der Waals surface area (Å²) in [6.45, 7) is 5.67. The lowest BCUT2D eigenvalue weighted by molar-refractivity contribution is 0.131. The fourth-order valence-corrected chi connectivity index (χ4v) is 2.51. The van der Waals surface area contributed by atoms with Gasteiger partial charge in [0.1, 0.15) is 10.6 Å². The van der Waals surface area contributed by atoms with Gasteiger partial charge in [-0.15, -0.1) is 0 Å². The van der Waals surface area contributed by atoms with E-state index in [0.717, 1.165) is 0 Å². The molecular formula is C12H20N2O4S. The second kappa shape index (κ2) is 5.87. The number of phenolic OH excluding ortho intramolecular Hbond substituents is 1. The number of rotatable bonds is 5. The van der Waals surface area contributed by atoms with Gasteiger partial charge in [-0.3, -0.25) is 0 Å². The van der Waals surface area contributed by atoms with Gasteiger partial charge >= 0.3 is 0 Å². The molecule has 0 amide bonds. The fourth-order valence-electron chi connectivity index (χ4n) is 1.85. The van der Waals surface area contributed by atoms with Gasteiger partial charge < -0.3 is 15.5 Å². The van der Waals surface area contributed by atoms with Gasteiger partial charge in [0, 0.05) is 12.1 Å². The first-order valence-corrected chi connectivity index (χ1v) is 7.47. The van der Waals surface area contributed by atoms with Crippen LogP contribution in [-0.2, 0) is 10.0 Å². The molecule has 6 nitrogen and oxygen atoms in total. The Morgan fingerprint density at radius 3 is 2.32 bits per heavy atom. The molecule has 0 bridgehead atoms. The summed E-state index contributed by atoms with van der Waals surface area (Å²) in [6.07, 6.45) is -0.900. The number of nitrogens with one attached hydrogen (secondary N) is 1. The summed E-state index contributed by atoms with van der Waals surface area (Å²) < 4.78 is 22.6. The first kappa shape index (κ1) is 15.9. The van der Waals surface area contributed by atoms with Gasteiger partial charge in [0.2, 0.25) is 10.0 Å². The van der Waals surface area contributed by atoms with Gasteiger partial charge in [0.15, 0.2) is 0 Å². The molecule has 0 aliphatic rings. The molecule has 108 valence electrons. The monoisotopic (exact) mass is 288 g/mol. The maximum atomic E-state index is 11.3. The van der Waals surface area contributed by atoms with Gasteiger partial charge in [-0.05, 0) is 24.6 Å². The molecular weight excluding hydrogens is 268 g/mol. The van der Waals surface area contributed by atoms with E-state index in [0.29, 0.717) is 5.56 Å². The molecule has 0 radical (unpaired) electrons. The topological polar surface area (TPSA) is 113 Å². The summed E-state index contributed by atoms with van der Waals surface area (Å²) >= 11 is 0. The molecule has 0 fully saturated rings. The molecule has 1 rings (SSSR count). The first-order chi connectivity index (χ1) is 8.62. The Kier molecular flexibility index (Phi) is 4.92. The smallest absolute Gasteiger partial charge is 0.241 e. The van der Waals surface area contributed by atoms with Crippen molar-refractivity contribution in [1.29, 1.82) is 0 Å². The van der Waals surface area contributed by atoms with Crippen LogP contribution < -0.4 is 10.5 Å². The number of primary sulfonamides is 1. The van der Waals surface area contributed by atoms with Crippen molar-refractivity contribution in [2.75, 3.05) is 0 Å². The lowest BCUT2D eigenvalue weighted by Crippen LogP contribution is -2.37. The van der Waals surface area contributed by atoms with Crippen LogP contribution in [0.3, 0.4) is 0 Å². The Balaban J connectivity index is 3.09. The van der Waals surface area contributed by atoms with Gasteiger partial charge in [-0.2, -0.15) is 0 Å². The molecule has 0 saturated carbocycles. The van der Waals surface area contributed by atoms with Crippen LogP contribution in [0.2, 0.25) is 0 Å². The number of nitrogens with two attached hydrogens (primary N) is 1.